The van der Waals surface area contributed by atoms with Gasteiger partial charge in [0, 0.05) is 14.0 Å². The molecule has 1 aliphatic heterocycles. The van der Waals surface area contributed by atoms with Crippen molar-refractivity contribution in [3.8, 4) is 0 Å². The third kappa shape index (κ3) is 4.40. The number of carbonyl (C=O) groups is 1. The number of aryl methyl sites for hydroxylation is 1. The number of hydrogen-bond acceptors (Lipinski definition) is 5. The minimum absolute atomic E-state index is 0.227. The zero-order chi connectivity index (χ0) is 18.6. The minimum Gasteiger partial charge on any atom is -0.461 e. The second-order valence-electron chi connectivity index (χ2n) is 6.39. The summed E-state index contributed by atoms with van der Waals surface area (Å²) in [6.45, 7) is 5.14. The molecule has 0 aromatic heterocycles. The lowest BCUT2D eigenvalue weighted by Gasteiger charge is -2.42. The topological polar surface area (TPSA) is 72.9 Å². The van der Waals surface area contributed by atoms with Crippen LogP contribution in [0.1, 0.15) is 45.1 Å². The second kappa shape index (κ2) is 8.29. The molecule has 2 rings (SSSR count). The zero-order valence-corrected chi connectivity index (χ0v) is 16.1. The first-order chi connectivity index (χ1) is 11.8. The van der Waals surface area contributed by atoms with E-state index in [-0.39, 0.29) is 4.90 Å². The Morgan fingerprint density at radius 2 is 1.92 bits per heavy atom. The summed E-state index contributed by atoms with van der Waals surface area (Å²) in [5, 5.41) is 0. The van der Waals surface area contributed by atoms with Gasteiger partial charge in [-0.3, -0.25) is 4.79 Å². The number of esters is 1. The molecule has 1 saturated heterocycles. The Balaban J connectivity index is 2.45. The second-order valence-corrected chi connectivity index (χ2v) is 8.24. The molecule has 0 N–H and O–H groups in total. The number of rotatable bonds is 6. The highest BCUT2D eigenvalue weighted by Gasteiger charge is 2.44. The van der Waals surface area contributed by atoms with Crippen molar-refractivity contribution in [2.75, 3.05) is 7.11 Å². The van der Waals surface area contributed by atoms with Gasteiger partial charge >= 0.3 is 5.97 Å². The summed E-state index contributed by atoms with van der Waals surface area (Å²) >= 11 is 0. The number of piperidine rings is 1. The first-order valence-corrected chi connectivity index (χ1v) is 10.1. The van der Waals surface area contributed by atoms with Crippen LogP contribution in [0.3, 0.4) is 0 Å². The fourth-order valence-corrected chi connectivity index (χ4v) is 5.18. The Morgan fingerprint density at radius 1 is 1.28 bits per heavy atom. The van der Waals surface area contributed by atoms with Crippen molar-refractivity contribution in [3.63, 3.8) is 0 Å². The van der Waals surface area contributed by atoms with E-state index >= 15 is 0 Å². The first kappa shape index (κ1) is 19.9. The molecular weight excluding hydrogens is 342 g/mol. The van der Waals surface area contributed by atoms with Gasteiger partial charge in [0.25, 0.3) is 0 Å². The fourth-order valence-electron chi connectivity index (χ4n) is 3.35. The summed E-state index contributed by atoms with van der Waals surface area (Å²) in [5.74, 6) is -0.404. The molecule has 1 heterocycles. The van der Waals surface area contributed by atoms with E-state index in [1.54, 1.807) is 24.3 Å². The van der Waals surface area contributed by atoms with Crippen LogP contribution in [0, 0.1) is 6.92 Å². The van der Waals surface area contributed by atoms with Crippen molar-refractivity contribution < 1.29 is 22.7 Å². The summed E-state index contributed by atoms with van der Waals surface area (Å²) in [5.41, 5.74) is 0.990. The van der Waals surface area contributed by atoms with Crippen LogP contribution >= 0.6 is 0 Å². The Labute approximate surface area is 150 Å². The molecule has 1 fully saturated rings. The van der Waals surface area contributed by atoms with E-state index < -0.39 is 34.4 Å². The fraction of sp³-hybridized carbons (Fsp3) is 0.611. The molecule has 0 spiro atoms. The van der Waals surface area contributed by atoms with E-state index in [2.05, 4.69) is 0 Å². The van der Waals surface area contributed by atoms with E-state index in [1.165, 1.54) is 18.3 Å². The molecule has 0 bridgehead atoms. The number of methoxy groups -OCH3 is 1. The average molecular weight is 369 g/mol. The number of benzene rings is 1. The van der Waals surface area contributed by atoms with Gasteiger partial charge in [-0.2, -0.15) is 4.31 Å². The summed E-state index contributed by atoms with van der Waals surface area (Å²) in [6, 6.07) is 6.33. The van der Waals surface area contributed by atoms with Gasteiger partial charge in [-0.05, 0) is 44.7 Å². The van der Waals surface area contributed by atoms with Crippen LogP contribution in [0.25, 0.3) is 0 Å². The highest BCUT2D eigenvalue weighted by atomic mass is 32.2. The SMILES string of the molecule is CC[C@@H](OC(C)=O)[C@@H]1CCC[C@H](OC)N1S(=O)(=O)c1ccc(C)cc1. The maximum absolute atomic E-state index is 13.3. The Bertz CT molecular complexity index is 686. The van der Waals surface area contributed by atoms with Gasteiger partial charge in [0.05, 0.1) is 10.9 Å². The maximum atomic E-state index is 13.3. The number of sulfonamides is 1. The summed E-state index contributed by atoms with van der Waals surface area (Å²) < 4.78 is 38.9. The van der Waals surface area contributed by atoms with E-state index in [1.807, 2.05) is 13.8 Å². The molecule has 1 aromatic carbocycles. The highest BCUT2D eigenvalue weighted by Crippen LogP contribution is 2.33. The van der Waals surface area contributed by atoms with Crippen LogP contribution in [-0.4, -0.2) is 44.2 Å². The predicted octanol–water partition coefficient (Wildman–Crippen LogP) is 2.85. The molecule has 7 heteroatoms. The predicted molar refractivity (Wildman–Crippen MR) is 94.5 cm³/mol. The van der Waals surface area contributed by atoms with Gasteiger partial charge in [0.1, 0.15) is 12.3 Å². The largest absolute Gasteiger partial charge is 0.461 e. The van der Waals surface area contributed by atoms with Gasteiger partial charge in [-0.25, -0.2) is 8.42 Å². The van der Waals surface area contributed by atoms with Gasteiger partial charge in [-0.15, -0.1) is 0 Å². The summed E-state index contributed by atoms with van der Waals surface area (Å²) in [7, 11) is -2.25. The Hall–Kier alpha value is -1.44. The van der Waals surface area contributed by atoms with Crippen molar-refractivity contribution in [1.82, 2.24) is 4.31 Å². The first-order valence-electron chi connectivity index (χ1n) is 8.61. The van der Waals surface area contributed by atoms with E-state index in [0.29, 0.717) is 19.3 Å². The van der Waals surface area contributed by atoms with Gasteiger partial charge in [-0.1, -0.05) is 24.6 Å². The molecule has 25 heavy (non-hydrogen) atoms. The van der Waals surface area contributed by atoms with Crippen LogP contribution in [0.15, 0.2) is 29.2 Å². The van der Waals surface area contributed by atoms with Crippen LogP contribution in [0.5, 0.6) is 0 Å². The molecule has 0 saturated carbocycles. The van der Waals surface area contributed by atoms with Crippen molar-refractivity contribution in [1.29, 1.82) is 0 Å². The number of hydrogen-bond donors (Lipinski definition) is 0. The van der Waals surface area contributed by atoms with Crippen molar-refractivity contribution in [2.24, 2.45) is 0 Å². The monoisotopic (exact) mass is 369 g/mol. The van der Waals surface area contributed by atoms with Crippen molar-refractivity contribution >= 4 is 16.0 Å². The molecule has 0 radical (unpaired) electrons. The van der Waals surface area contributed by atoms with E-state index in [0.717, 1.165) is 12.0 Å². The Kier molecular flexibility index (Phi) is 6.59. The molecule has 1 aromatic rings. The highest BCUT2D eigenvalue weighted by molar-refractivity contribution is 7.89. The molecule has 0 unspecified atom stereocenters. The number of ether oxygens (including phenoxy) is 2. The van der Waals surface area contributed by atoms with Crippen molar-refractivity contribution in [3.05, 3.63) is 29.8 Å². The van der Waals surface area contributed by atoms with Crippen LogP contribution in [-0.2, 0) is 24.3 Å². The van der Waals surface area contributed by atoms with Crippen LogP contribution < -0.4 is 0 Å². The molecule has 6 nitrogen and oxygen atoms in total. The molecule has 0 aliphatic carbocycles. The lowest BCUT2D eigenvalue weighted by atomic mass is 9.97. The van der Waals surface area contributed by atoms with Gasteiger partial charge in [0.2, 0.25) is 10.0 Å². The van der Waals surface area contributed by atoms with E-state index in [9.17, 15) is 13.2 Å². The lowest BCUT2D eigenvalue weighted by Crippen LogP contribution is -2.55. The summed E-state index contributed by atoms with van der Waals surface area (Å²) in [6.07, 6.45) is 1.57. The molecule has 140 valence electrons. The maximum Gasteiger partial charge on any atom is 0.302 e. The number of nitrogens with zero attached hydrogens (tertiary/aromatic N) is 1. The lowest BCUT2D eigenvalue weighted by molar-refractivity contribution is -0.153. The normalized spacial score (nSPS) is 23.2. The van der Waals surface area contributed by atoms with Crippen LogP contribution in [0.2, 0.25) is 0 Å². The third-order valence-corrected chi connectivity index (χ3v) is 6.51. The number of carbonyl (C=O) groups excluding carboxylic acids is 1. The smallest absolute Gasteiger partial charge is 0.302 e. The molecule has 0 amide bonds. The molecule has 1 aliphatic rings. The Morgan fingerprint density at radius 3 is 2.44 bits per heavy atom. The zero-order valence-electron chi connectivity index (χ0n) is 15.3. The quantitative estimate of drug-likeness (QED) is 0.721. The summed E-state index contributed by atoms with van der Waals surface area (Å²) in [4.78, 5) is 11.7. The van der Waals surface area contributed by atoms with Gasteiger partial charge in [0.15, 0.2) is 0 Å². The molecule has 3 atom stereocenters. The van der Waals surface area contributed by atoms with Crippen LogP contribution in [0.4, 0.5) is 0 Å². The van der Waals surface area contributed by atoms with Crippen molar-refractivity contribution in [2.45, 2.75) is 69.7 Å². The van der Waals surface area contributed by atoms with Gasteiger partial charge < -0.3 is 9.47 Å². The third-order valence-electron chi connectivity index (χ3n) is 4.58. The average Bonchev–Trinajstić information content (AvgIpc) is 2.59. The standard InChI is InChI=1S/C18H27NO5S/c1-5-17(24-14(3)20)16-7-6-8-18(23-4)19(16)25(21,22)15-11-9-13(2)10-12-15/h9-12,16-18H,5-8H2,1-4H3/t16-,17+,18-/m0/s1. The van der Waals surface area contributed by atoms with E-state index in [4.69, 9.17) is 9.47 Å². The molecular formula is C18H27NO5S. The minimum atomic E-state index is -3.76.